The molecule has 1 aliphatic carbocycles. The van der Waals surface area contributed by atoms with Crippen LogP contribution in [0.4, 0.5) is 0 Å². The highest BCUT2D eigenvalue weighted by atomic mass is 15.0. The molecule has 0 spiro atoms. The Morgan fingerprint density at radius 1 is 0.370 bits per heavy atom. The van der Waals surface area contributed by atoms with Crippen LogP contribution in [0.25, 0.3) is 82.1 Å². The third-order valence-electron chi connectivity index (χ3n) is 10.6. The van der Waals surface area contributed by atoms with Gasteiger partial charge in [0.1, 0.15) is 0 Å². The molecule has 0 unspecified atom stereocenters. The monoisotopic (exact) mass is 585 g/mol. The molecule has 0 aliphatic heterocycles. The number of benzene rings is 8. The fraction of sp³-hybridized carbons (Fsp3) is 0.0667. The van der Waals surface area contributed by atoms with Gasteiger partial charge in [0.05, 0.1) is 11.0 Å². The molecule has 0 N–H and O–H groups in total. The second kappa shape index (κ2) is 9.19. The normalized spacial score (nSPS) is 13.6. The van der Waals surface area contributed by atoms with Crippen molar-refractivity contribution in [3.05, 3.63) is 163 Å². The van der Waals surface area contributed by atoms with Gasteiger partial charge in [0.25, 0.3) is 0 Å². The molecule has 0 bridgehead atoms. The van der Waals surface area contributed by atoms with Crippen LogP contribution in [0.2, 0.25) is 0 Å². The molecule has 10 rings (SSSR count). The van der Waals surface area contributed by atoms with Crippen molar-refractivity contribution in [3.8, 4) is 27.9 Å². The second-order valence-corrected chi connectivity index (χ2v) is 13.3. The van der Waals surface area contributed by atoms with Crippen molar-refractivity contribution >= 4 is 54.1 Å². The molecule has 8 aromatic carbocycles. The van der Waals surface area contributed by atoms with Gasteiger partial charge in [-0.05, 0) is 102 Å². The molecule has 0 saturated heterocycles. The Kier molecular flexibility index (Phi) is 5.12. The number of rotatable bonds is 2. The third kappa shape index (κ3) is 3.40. The summed E-state index contributed by atoms with van der Waals surface area (Å²) in [5.74, 6) is 0. The van der Waals surface area contributed by atoms with Gasteiger partial charge in [-0.25, -0.2) is 0 Å². The van der Waals surface area contributed by atoms with Crippen molar-refractivity contribution < 1.29 is 0 Å². The van der Waals surface area contributed by atoms with Gasteiger partial charge in [-0.3, -0.25) is 0 Å². The lowest BCUT2D eigenvalue weighted by Crippen LogP contribution is -2.14. The summed E-state index contributed by atoms with van der Waals surface area (Å²) in [7, 11) is 0. The number of fused-ring (bicyclic) bond motifs is 12. The molecule has 1 nitrogen and oxygen atoms in total. The highest BCUT2D eigenvalue weighted by molar-refractivity contribution is 6.25. The molecule has 216 valence electrons. The zero-order valence-corrected chi connectivity index (χ0v) is 25.9. The summed E-state index contributed by atoms with van der Waals surface area (Å²) >= 11 is 0. The molecule has 0 atom stereocenters. The SMILES string of the molecule is CC1(C)c2ccccc2-c2cc(-n3c4ccccc4c4cc(-c5ccc6c7ccccc7c7ccccc7c6c5)ccc43)ccc21. The van der Waals surface area contributed by atoms with E-state index in [9.17, 15) is 0 Å². The van der Waals surface area contributed by atoms with Crippen LogP contribution in [-0.4, -0.2) is 4.57 Å². The van der Waals surface area contributed by atoms with E-state index >= 15 is 0 Å². The maximum atomic E-state index is 2.45. The molecule has 1 aliphatic rings. The van der Waals surface area contributed by atoms with E-state index in [0.717, 1.165) is 0 Å². The molecular formula is C45H31N. The van der Waals surface area contributed by atoms with Crippen molar-refractivity contribution in [2.45, 2.75) is 19.3 Å². The molecule has 46 heavy (non-hydrogen) atoms. The molecule has 0 radical (unpaired) electrons. The summed E-state index contributed by atoms with van der Waals surface area (Å²) in [4.78, 5) is 0. The van der Waals surface area contributed by atoms with Gasteiger partial charge >= 0.3 is 0 Å². The van der Waals surface area contributed by atoms with Gasteiger partial charge in [-0.15, -0.1) is 0 Å². The summed E-state index contributed by atoms with van der Waals surface area (Å²) in [6.07, 6.45) is 0. The first-order chi connectivity index (χ1) is 22.6. The minimum Gasteiger partial charge on any atom is -0.309 e. The molecule has 1 heterocycles. The summed E-state index contributed by atoms with van der Waals surface area (Å²) in [5, 5.41) is 10.4. The van der Waals surface area contributed by atoms with Crippen LogP contribution in [0.1, 0.15) is 25.0 Å². The fourth-order valence-corrected chi connectivity index (χ4v) is 8.37. The molecule has 1 heteroatoms. The van der Waals surface area contributed by atoms with Gasteiger partial charge < -0.3 is 4.57 Å². The average molecular weight is 586 g/mol. The third-order valence-corrected chi connectivity index (χ3v) is 10.6. The van der Waals surface area contributed by atoms with E-state index in [-0.39, 0.29) is 5.41 Å². The van der Waals surface area contributed by atoms with Gasteiger partial charge in [0.15, 0.2) is 0 Å². The molecular weight excluding hydrogens is 555 g/mol. The van der Waals surface area contributed by atoms with Crippen molar-refractivity contribution in [1.82, 2.24) is 4.57 Å². The summed E-state index contributed by atoms with van der Waals surface area (Å²) in [6, 6.07) is 56.4. The van der Waals surface area contributed by atoms with Crippen molar-refractivity contribution in [3.63, 3.8) is 0 Å². The Balaban J connectivity index is 1.18. The first-order valence-corrected chi connectivity index (χ1v) is 16.2. The van der Waals surface area contributed by atoms with E-state index in [0.29, 0.717) is 0 Å². The van der Waals surface area contributed by atoms with Crippen LogP contribution in [0.3, 0.4) is 0 Å². The molecule has 0 saturated carbocycles. The second-order valence-electron chi connectivity index (χ2n) is 13.3. The lowest BCUT2D eigenvalue weighted by Gasteiger charge is -2.21. The summed E-state index contributed by atoms with van der Waals surface area (Å²) < 4.78 is 2.45. The van der Waals surface area contributed by atoms with Gasteiger partial charge in [0.2, 0.25) is 0 Å². The molecule has 9 aromatic rings. The smallest absolute Gasteiger partial charge is 0.0541 e. The Labute approximate surface area is 268 Å². The Hall–Kier alpha value is -5.66. The fourth-order valence-electron chi connectivity index (χ4n) is 8.37. The maximum absolute atomic E-state index is 2.45. The summed E-state index contributed by atoms with van der Waals surface area (Å²) in [5.41, 5.74) is 11.6. The van der Waals surface area contributed by atoms with E-state index in [4.69, 9.17) is 0 Å². The van der Waals surface area contributed by atoms with Crippen LogP contribution in [0, 0.1) is 0 Å². The van der Waals surface area contributed by atoms with Crippen molar-refractivity contribution in [2.24, 2.45) is 0 Å². The number of hydrogen-bond acceptors (Lipinski definition) is 0. The molecule has 0 amide bonds. The predicted molar refractivity (Wildman–Crippen MR) is 196 cm³/mol. The number of nitrogens with zero attached hydrogens (tertiary/aromatic N) is 1. The van der Waals surface area contributed by atoms with Crippen LogP contribution < -0.4 is 0 Å². The van der Waals surface area contributed by atoms with Crippen LogP contribution in [0.15, 0.2) is 152 Å². The lowest BCUT2D eigenvalue weighted by molar-refractivity contribution is 0.660. The first kappa shape index (κ1) is 25.6. The zero-order chi connectivity index (χ0) is 30.6. The topological polar surface area (TPSA) is 4.93 Å². The minimum atomic E-state index is -0.00233. The lowest BCUT2D eigenvalue weighted by atomic mass is 9.82. The van der Waals surface area contributed by atoms with Gasteiger partial charge in [-0.1, -0.05) is 129 Å². The van der Waals surface area contributed by atoms with E-state index in [1.807, 2.05) is 0 Å². The minimum absolute atomic E-state index is 0.00233. The first-order valence-electron chi connectivity index (χ1n) is 16.2. The summed E-state index contributed by atoms with van der Waals surface area (Å²) in [6.45, 7) is 4.69. The maximum Gasteiger partial charge on any atom is 0.0541 e. The average Bonchev–Trinajstić information content (AvgIpc) is 3.56. The number of aromatic nitrogens is 1. The molecule has 1 aromatic heterocycles. The largest absolute Gasteiger partial charge is 0.309 e. The number of hydrogen-bond donors (Lipinski definition) is 0. The molecule has 0 fully saturated rings. The van der Waals surface area contributed by atoms with E-state index in [1.54, 1.807) is 0 Å². The Bertz CT molecular complexity index is 2690. The van der Waals surface area contributed by atoms with E-state index < -0.39 is 0 Å². The Morgan fingerprint density at radius 3 is 1.63 bits per heavy atom. The van der Waals surface area contributed by atoms with Crippen LogP contribution >= 0.6 is 0 Å². The zero-order valence-electron chi connectivity index (χ0n) is 25.9. The number of para-hydroxylation sites is 1. The Morgan fingerprint density at radius 2 is 0.891 bits per heavy atom. The van der Waals surface area contributed by atoms with Crippen molar-refractivity contribution in [2.75, 3.05) is 0 Å². The van der Waals surface area contributed by atoms with E-state index in [1.165, 1.54) is 93.2 Å². The highest BCUT2D eigenvalue weighted by Crippen LogP contribution is 2.49. The van der Waals surface area contributed by atoms with Gasteiger partial charge in [0, 0.05) is 21.9 Å². The van der Waals surface area contributed by atoms with Crippen LogP contribution in [0.5, 0.6) is 0 Å². The van der Waals surface area contributed by atoms with Crippen LogP contribution in [-0.2, 0) is 5.41 Å². The quantitative estimate of drug-likeness (QED) is 0.178. The standard InChI is InChI=1S/C45H31N/c1-45(2)41-17-9-7-15-36(41)39-27-30(21-23-42(39)45)46-43-18-10-8-16-37(43)40-26-29(20-24-44(40)46)28-19-22-35-33-13-4-3-11-31(33)32-12-5-6-14-34(32)38(35)25-28/h3-27H,1-2H3. The van der Waals surface area contributed by atoms with Gasteiger partial charge in [-0.2, -0.15) is 0 Å². The van der Waals surface area contributed by atoms with Crippen molar-refractivity contribution in [1.29, 1.82) is 0 Å². The van der Waals surface area contributed by atoms with E-state index in [2.05, 4.69) is 170 Å². The predicted octanol–water partition coefficient (Wildman–Crippen LogP) is 12.2. The highest BCUT2D eigenvalue weighted by Gasteiger charge is 2.35.